The number of halogens is 1. The first-order valence-electron chi connectivity index (χ1n) is 14.6. The molecular formula is C31H38FN5O7. The summed E-state index contributed by atoms with van der Waals surface area (Å²) in [7, 11) is 0. The van der Waals surface area contributed by atoms with Gasteiger partial charge in [-0.1, -0.05) is 0 Å². The Morgan fingerprint density at radius 2 is 2.00 bits per heavy atom. The van der Waals surface area contributed by atoms with E-state index in [0.29, 0.717) is 40.0 Å². The highest BCUT2D eigenvalue weighted by molar-refractivity contribution is 5.94. The molecule has 0 bridgehead atoms. The molecule has 13 heteroatoms. The van der Waals surface area contributed by atoms with Gasteiger partial charge in [-0.3, -0.25) is 9.69 Å². The summed E-state index contributed by atoms with van der Waals surface area (Å²) in [6.07, 6.45) is 3.14. The van der Waals surface area contributed by atoms with E-state index in [-0.39, 0.29) is 25.3 Å². The number of nitrogens with one attached hydrogen (secondary N) is 2. The summed E-state index contributed by atoms with van der Waals surface area (Å²) in [4.78, 5) is 35.6. The maximum atomic E-state index is 15.1. The molecule has 1 fully saturated rings. The highest BCUT2D eigenvalue weighted by Crippen LogP contribution is 2.36. The minimum Gasteiger partial charge on any atom is -0.482 e. The van der Waals surface area contributed by atoms with Crippen molar-refractivity contribution in [1.82, 2.24) is 20.2 Å². The summed E-state index contributed by atoms with van der Waals surface area (Å²) in [5.41, 5.74) is -1.36. The number of hydrogen-bond donors (Lipinski definition) is 4. The number of oxazole rings is 1. The SMILES string of the molecule is Cc1ncoc1COc1cc2c(cc1F)C[C@](O)([C@H](O)CNC(=O)c1ccnc(NC3CCC3)c1)N(C(=O)OC(C)(C)C)C2. The van der Waals surface area contributed by atoms with Gasteiger partial charge < -0.3 is 34.7 Å². The summed E-state index contributed by atoms with van der Waals surface area (Å²) in [6.45, 7) is 6.08. The fraction of sp³-hybridized carbons (Fsp3) is 0.484. The Morgan fingerprint density at radius 1 is 1.23 bits per heavy atom. The van der Waals surface area contributed by atoms with Crippen LogP contribution in [0.1, 0.15) is 73.0 Å². The first-order chi connectivity index (χ1) is 20.8. The van der Waals surface area contributed by atoms with Crippen LogP contribution in [0, 0.1) is 12.7 Å². The van der Waals surface area contributed by atoms with Crippen LogP contribution in [0.25, 0.3) is 0 Å². The Labute approximate surface area is 254 Å². The Hall–Kier alpha value is -4.23. The molecule has 2 amide bonds. The molecule has 0 spiro atoms. The van der Waals surface area contributed by atoms with Crippen LogP contribution in [0.4, 0.5) is 15.0 Å². The van der Waals surface area contributed by atoms with Crippen LogP contribution in [-0.2, 0) is 24.3 Å². The number of aliphatic hydroxyl groups is 2. The minimum absolute atomic E-state index is 0.0602. The molecule has 2 aromatic heterocycles. The quantitative estimate of drug-likeness (QED) is 0.280. The van der Waals surface area contributed by atoms with Gasteiger partial charge in [0.05, 0.1) is 12.2 Å². The number of ether oxygens (including phenoxy) is 2. The van der Waals surface area contributed by atoms with Gasteiger partial charge in [-0.15, -0.1) is 0 Å². The summed E-state index contributed by atoms with van der Waals surface area (Å²) < 4.78 is 31.6. The van der Waals surface area contributed by atoms with Gasteiger partial charge in [0.2, 0.25) is 0 Å². The molecule has 1 aromatic carbocycles. The predicted molar refractivity (Wildman–Crippen MR) is 156 cm³/mol. The fourth-order valence-electron chi connectivity index (χ4n) is 5.05. The largest absolute Gasteiger partial charge is 0.482 e. The summed E-state index contributed by atoms with van der Waals surface area (Å²) in [5, 5.41) is 29.0. The number of aromatic nitrogens is 2. The second-order valence-corrected chi connectivity index (χ2v) is 12.3. The number of carbonyl (C=O) groups is 2. The molecule has 3 aromatic rings. The van der Waals surface area contributed by atoms with E-state index in [0.717, 1.165) is 24.2 Å². The van der Waals surface area contributed by atoms with E-state index in [1.165, 1.54) is 24.7 Å². The van der Waals surface area contributed by atoms with Crippen molar-refractivity contribution in [1.29, 1.82) is 0 Å². The molecule has 1 saturated carbocycles. The second kappa shape index (κ2) is 12.4. The van der Waals surface area contributed by atoms with Crippen molar-refractivity contribution in [2.45, 2.75) is 90.0 Å². The third-order valence-corrected chi connectivity index (χ3v) is 7.79. The van der Waals surface area contributed by atoms with E-state index in [1.54, 1.807) is 39.8 Å². The van der Waals surface area contributed by atoms with Crippen LogP contribution in [0.3, 0.4) is 0 Å². The van der Waals surface area contributed by atoms with Crippen LogP contribution >= 0.6 is 0 Å². The standard InChI is InChI=1S/C31H38FN5O7/c1-18-25(43-17-35-18)16-42-24-11-21-15-37(29(40)44-30(2,3)4)31(41,13-20(21)10-23(24)32)26(38)14-34-28(39)19-8-9-33-27(12-19)36-22-6-5-7-22/h8-12,17,22,26,38,41H,5-7,13-16H2,1-4H3,(H,33,36)(H,34,39)/t26-,31+/m1/s1. The number of nitrogens with zero attached hydrogens (tertiary/aromatic N) is 3. The third kappa shape index (κ3) is 6.94. The molecule has 1 aliphatic heterocycles. The lowest BCUT2D eigenvalue weighted by atomic mass is 9.87. The van der Waals surface area contributed by atoms with Gasteiger partial charge in [-0.2, -0.15) is 0 Å². The minimum atomic E-state index is -2.23. The molecule has 3 heterocycles. The smallest absolute Gasteiger partial charge is 0.412 e. The Kier molecular flexibility index (Phi) is 8.80. The molecule has 44 heavy (non-hydrogen) atoms. The number of aryl methyl sites for hydroxylation is 1. The average Bonchev–Trinajstić information content (AvgIpc) is 3.35. The lowest BCUT2D eigenvalue weighted by Crippen LogP contribution is -2.64. The zero-order valence-electron chi connectivity index (χ0n) is 25.2. The van der Waals surface area contributed by atoms with Crippen LogP contribution in [0.5, 0.6) is 5.75 Å². The number of aliphatic hydroxyl groups excluding tert-OH is 1. The number of fused-ring (bicyclic) bond motifs is 1. The summed E-state index contributed by atoms with van der Waals surface area (Å²) in [6, 6.07) is 6.13. The van der Waals surface area contributed by atoms with E-state index in [2.05, 4.69) is 20.6 Å². The van der Waals surface area contributed by atoms with Gasteiger partial charge >= 0.3 is 6.09 Å². The predicted octanol–water partition coefficient (Wildman–Crippen LogP) is 3.83. The van der Waals surface area contributed by atoms with Gasteiger partial charge in [0, 0.05) is 30.8 Å². The number of rotatable bonds is 9. The molecule has 0 unspecified atom stereocenters. The first-order valence-corrected chi connectivity index (χ1v) is 14.6. The normalized spacial score (nSPS) is 19.0. The molecule has 2 atom stereocenters. The van der Waals surface area contributed by atoms with Crippen molar-refractivity contribution in [3.05, 3.63) is 70.8 Å². The Morgan fingerprint density at radius 3 is 2.66 bits per heavy atom. The zero-order valence-corrected chi connectivity index (χ0v) is 25.2. The van der Waals surface area contributed by atoms with Gasteiger partial charge in [-0.05, 0) is 82.3 Å². The van der Waals surface area contributed by atoms with E-state index in [4.69, 9.17) is 13.9 Å². The maximum Gasteiger partial charge on any atom is 0.412 e. The highest BCUT2D eigenvalue weighted by Gasteiger charge is 2.49. The van der Waals surface area contributed by atoms with Crippen molar-refractivity contribution in [2.75, 3.05) is 11.9 Å². The number of hydrogen-bond acceptors (Lipinski definition) is 10. The molecule has 0 radical (unpaired) electrons. The van der Waals surface area contributed by atoms with Crippen LogP contribution in [0.15, 0.2) is 41.3 Å². The average molecular weight is 612 g/mol. The molecule has 1 aliphatic carbocycles. The Bertz CT molecular complexity index is 1520. The first kappa shape index (κ1) is 31.2. The van der Waals surface area contributed by atoms with E-state index < -0.39 is 41.8 Å². The number of carbonyl (C=O) groups excluding carboxylic acids is 2. The van der Waals surface area contributed by atoms with Gasteiger partial charge in [-0.25, -0.2) is 19.2 Å². The fourth-order valence-corrected chi connectivity index (χ4v) is 5.05. The molecule has 2 aliphatic rings. The van der Waals surface area contributed by atoms with Crippen molar-refractivity contribution in [3.8, 4) is 5.75 Å². The third-order valence-electron chi connectivity index (χ3n) is 7.79. The van der Waals surface area contributed by atoms with Crippen molar-refractivity contribution >= 4 is 17.8 Å². The summed E-state index contributed by atoms with van der Waals surface area (Å²) in [5.74, 6) is -0.259. The van der Waals surface area contributed by atoms with Crippen LogP contribution < -0.4 is 15.4 Å². The Balaban J connectivity index is 1.34. The van der Waals surface area contributed by atoms with Crippen LogP contribution in [-0.4, -0.2) is 67.1 Å². The van der Waals surface area contributed by atoms with E-state index in [1.807, 2.05) is 0 Å². The number of benzene rings is 1. The molecule has 236 valence electrons. The van der Waals surface area contributed by atoms with Crippen molar-refractivity contribution in [2.24, 2.45) is 0 Å². The lowest BCUT2D eigenvalue weighted by molar-refractivity contribution is -0.177. The molecular weight excluding hydrogens is 573 g/mol. The molecule has 4 N–H and O–H groups in total. The highest BCUT2D eigenvalue weighted by atomic mass is 19.1. The maximum absolute atomic E-state index is 15.1. The van der Waals surface area contributed by atoms with Gasteiger partial charge in [0.15, 0.2) is 29.4 Å². The molecule has 5 rings (SSSR count). The summed E-state index contributed by atoms with van der Waals surface area (Å²) >= 11 is 0. The number of amides is 2. The van der Waals surface area contributed by atoms with Gasteiger partial charge in [0.25, 0.3) is 5.91 Å². The van der Waals surface area contributed by atoms with E-state index >= 15 is 4.39 Å². The number of pyridine rings is 1. The number of anilines is 1. The van der Waals surface area contributed by atoms with Gasteiger partial charge in [0.1, 0.15) is 24.1 Å². The topological polar surface area (TPSA) is 159 Å². The van der Waals surface area contributed by atoms with Crippen molar-refractivity contribution < 1.29 is 38.1 Å². The lowest BCUT2D eigenvalue weighted by Gasteiger charge is -2.46. The zero-order chi connectivity index (χ0) is 31.6. The molecule has 12 nitrogen and oxygen atoms in total. The second-order valence-electron chi connectivity index (χ2n) is 12.3. The monoisotopic (exact) mass is 611 g/mol. The van der Waals surface area contributed by atoms with Crippen molar-refractivity contribution in [3.63, 3.8) is 0 Å². The van der Waals surface area contributed by atoms with E-state index in [9.17, 15) is 19.8 Å². The molecule has 0 saturated heterocycles. The van der Waals surface area contributed by atoms with Crippen LogP contribution in [0.2, 0.25) is 0 Å².